The molecule has 0 spiro atoms. The molecule has 0 bridgehead atoms. The summed E-state index contributed by atoms with van der Waals surface area (Å²) >= 11 is 0. The van der Waals surface area contributed by atoms with E-state index in [4.69, 9.17) is 0 Å². The number of benzene rings is 1. The Morgan fingerprint density at radius 1 is 1.05 bits per heavy atom. The van der Waals surface area contributed by atoms with Crippen LogP contribution in [0, 0.1) is 13.8 Å². The minimum atomic E-state index is -1.28. The van der Waals surface area contributed by atoms with Gasteiger partial charge in [0, 0.05) is 25.7 Å². The molecule has 0 saturated carbocycles. The third-order valence-corrected chi connectivity index (χ3v) is 5.28. The molecule has 3 heteroatoms. The van der Waals surface area contributed by atoms with Gasteiger partial charge in [0.15, 0.2) is 0 Å². The molecule has 0 atom stereocenters. The van der Waals surface area contributed by atoms with Gasteiger partial charge in [0.1, 0.15) is 0 Å². The van der Waals surface area contributed by atoms with Crippen molar-refractivity contribution in [2.24, 2.45) is 0 Å². The summed E-state index contributed by atoms with van der Waals surface area (Å²) in [6.45, 7) is 19.7. The minimum Gasteiger partial charge on any atom is -0.334 e. The second-order valence-corrected chi connectivity index (χ2v) is 13.7. The Labute approximate surface area is 137 Å². The molecule has 124 valence electrons. The molecule has 0 aliphatic carbocycles. The number of carbonyl (C=O) groups is 1. The first-order valence-electron chi connectivity index (χ1n) is 8.37. The van der Waals surface area contributed by atoms with Gasteiger partial charge in [-0.25, -0.2) is 0 Å². The quantitative estimate of drug-likeness (QED) is 0.701. The third kappa shape index (κ3) is 4.70. The smallest absolute Gasteiger partial charge is 0.254 e. The first-order chi connectivity index (χ1) is 9.94. The Bertz CT molecular complexity index is 533. The molecular formula is C19H33NOSi. The molecule has 0 radical (unpaired) electrons. The molecule has 0 aliphatic heterocycles. The van der Waals surface area contributed by atoms with Crippen LogP contribution in [0.2, 0.25) is 19.6 Å². The van der Waals surface area contributed by atoms with Crippen LogP contribution in [0.5, 0.6) is 0 Å². The normalized spacial score (nSPS) is 12.1. The van der Waals surface area contributed by atoms with Crippen LogP contribution < -0.4 is 0 Å². The first kappa shape index (κ1) is 19.0. The van der Waals surface area contributed by atoms with E-state index in [0.29, 0.717) is 0 Å². The molecule has 1 aromatic rings. The number of carbonyl (C=O) groups excluding carboxylic acids is 1. The van der Waals surface area contributed by atoms with Crippen molar-refractivity contribution in [2.75, 3.05) is 0 Å². The number of nitrogens with zero attached hydrogens (tertiary/aromatic N) is 1. The van der Waals surface area contributed by atoms with Crippen LogP contribution in [-0.2, 0) is 6.04 Å². The van der Waals surface area contributed by atoms with Gasteiger partial charge in [0.05, 0.1) is 0 Å². The summed E-state index contributed by atoms with van der Waals surface area (Å²) in [6, 6.07) is 5.85. The van der Waals surface area contributed by atoms with Crippen LogP contribution in [0.3, 0.4) is 0 Å². The molecule has 1 rings (SSSR count). The lowest BCUT2D eigenvalue weighted by molar-refractivity contribution is 0.0642. The van der Waals surface area contributed by atoms with Crippen LogP contribution in [0.1, 0.15) is 54.7 Å². The Morgan fingerprint density at radius 2 is 1.55 bits per heavy atom. The molecule has 1 aromatic carbocycles. The molecular weight excluding hydrogens is 286 g/mol. The standard InChI is InChI=1S/C19H33NOSi/c1-13(2)20(14(3)4)19(21)18-16(6)10-15(5)11-17(18)12-22(7,8)9/h10-11,13-14H,12H2,1-9H3. The van der Waals surface area contributed by atoms with E-state index in [9.17, 15) is 4.79 Å². The van der Waals surface area contributed by atoms with Crippen molar-refractivity contribution >= 4 is 14.0 Å². The highest BCUT2D eigenvalue weighted by atomic mass is 28.3. The summed E-state index contributed by atoms with van der Waals surface area (Å²) in [7, 11) is -1.28. The summed E-state index contributed by atoms with van der Waals surface area (Å²) in [4.78, 5) is 15.2. The average molecular weight is 320 g/mol. The number of amides is 1. The predicted molar refractivity (Wildman–Crippen MR) is 99.4 cm³/mol. The second-order valence-electron chi connectivity index (χ2n) is 8.25. The summed E-state index contributed by atoms with van der Waals surface area (Å²) in [5.41, 5.74) is 4.55. The van der Waals surface area contributed by atoms with Crippen molar-refractivity contribution in [3.05, 3.63) is 34.4 Å². The van der Waals surface area contributed by atoms with Crippen LogP contribution in [-0.4, -0.2) is 31.0 Å². The van der Waals surface area contributed by atoms with Crippen molar-refractivity contribution in [1.29, 1.82) is 0 Å². The van der Waals surface area contributed by atoms with E-state index in [1.54, 1.807) is 0 Å². The fourth-order valence-electron chi connectivity index (χ4n) is 3.27. The topological polar surface area (TPSA) is 20.3 Å². The van der Waals surface area contributed by atoms with Crippen molar-refractivity contribution in [1.82, 2.24) is 4.90 Å². The lowest BCUT2D eigenvalue weighted by Crippen LogP contribution is -2.43. The SMILES string of the molecule is Cc1cc(C)c(C(=O)N(C(C)C)C(C)C)c(C[Si](C)(C)C)c1. The van der Waals surface area contributed by atoms with Gasteiger partial charge in [-0.3, -0.25) is 4.79 Å². The lowest BCUT2D eigenvalue weighted by Gasteiger charge is -2.32. The minimum absolute atomic E-state index is 0.191. The largest absolute Gasteiger partial charge is 0.334 e. The highest BCUT2D eigenvalue weighted by Gasteiger charge is 2.27. The number of hydrogen-bond acceptors (Lipinski definition) is 1. The van der Waals surface area contributed by atoms with Gasteiger partial charge in [-0.05, 0) is 58.7 Å². The van der Waals surface area contributed by atoms with Gasteiger partial charge in [-0.1, -0.05) is 37.3 Å². The molecule has 0 aliphatic rings. The molecule has 0 saturated heterocycles. The molecule has 22 heavy (non-hydrogen) atoms. The summed E-state index contributed by atoms with van der Waals surface area (Å²) in [5.74, 6) is 0.191. The molecule has 0 unspecified atom stereocenters. The van der Waals surface area contributed by atoms with Crippen LogP contribution >= 0.6 is 0 Å². The Hall–Kier alpha value is -1.09. The maximum absolute atomic E-state index is 13.2. The number of rotatable bonds is 5. The maximum Gasteiger partial charge on any atom is 0.254 e. The molecule has 0 aromatic heterocycles. The zero-order valence-electron chi connectivity index (χ0n) is 15.9. The first-order valence-corrected chi connectivity index (χ1v) is 12.1. The highest BCUT2D eigenvalue weighted by Crippen LogP contribution is 2.24. The van der Waals surface area contributed by atoms with Crippen molar-refractivity contribution in [2.45, 2.75) is 79.3 Å². The van der Waals surface area contributed by atoms with Gasteiger partial charge < -0.3 is 4.90 Å². The molecule has 1 amide bonds. The number of aryl methyl sites for hydroxylation is 2. The zero-order chi connectivity index (χ0) is 17.2. The van der Waals surface area contributed by atoms with E-state index < -0.39 is 8.07 Å². The second kappa shape index (κ2) is 6.99. The summed E-state index contributed by atoms with van der Waals surface area (Å²) < 4.78 is 0. The van der Waals surface area contributed by atoms with E-state index in [0.717, 1.165) is 17.2 Å². The van der Waals surface area contributed by atoms with Gasteiger partial charge >= 0.3 is 0 Å². The van der Waals surface area contributed by atoms with Crippen molar-refractivity contribution in [3.8, 4) is 0 Å². The summed E-state index contributed by atoms with van der Waals surface area (Å²) in [6.07, 6.45) is 0. The van der Waals surface area contributed by atoms with Gasteiger partial charge in [0.25, 0.3) is 5.91 Å². The lowest BCUT2D eigenvalue weighted by atomic mass is 9.97. The predicted octanol–water partition coefficient (Wildman–Crippen LogP) is 4.98. The molecule has 2 nitrogen and oxygen atoms in total. The zero-order valence-corrected chi connectivity index (χ0v) is 16.9. The van der Waals surface area contributed by atoms with Gasteiger partial charge in [0.2, 0.25) is 0 Å². The molecule has 0 N–H and O–H groups in total. The van der Waals surface area contributed by atoms with Crippen LogP contribution in [0.15, 0.2) is 12.1 Å². The Balaban J connectivity index is 3.41. The average Bonchev–Trinajstić information content (AvgIpc) is 2.23. The highest BCUT2D eigenvalue weighted by molar-refractivity contribution is 6.75. The van der Waals surface area contributed by atoms with E-state index >= 15 is 0 Å². The maximum atomic E-state index is 13.2. The van der Waals surface area contributed by atoms with E-state index in [2.05, 4.69) is 73.3 Å². The van der Waals surface area contributed by atoms with Gasteiger partial charge in [-0.15, -0.1) is 0 Å². The molecule has 0 heterocycles. The Kier molecular flexibility index (Phi) is 6.02. The summed E-state index contributed by atoms with van der Waals surface area (Å²) in [5, 5.41) is 0. The van der Waals surface area contributed by atoms with Gasteiger partial charge in [-0.2, -0.15) is 0 Å². The van der Waals surface area contributed by atoms with E-state index in [1.807, 2.05) is 4.90 Å². The fourth-order valence-corrected chi connectivity index (χ4v) is 4.69. The van der Waals surface area contributed by atoms with E-state index in [-0.39, 0.29) is 18.0 Å². The fraction of sp³-hybridized carbons (Fsp3) is 0.632. The Morgan fingerprint density at radius 3 is 1.95 bits per heavy atom. The monoisotopic (exact) mass is 319 g/mol. The number of hydrogen-bond donors (Lipinski definition) is 0. The molecule has 0 fully saturated rings. The van der Waals surface area contributed by atoms with Crippen molar-refractivity contribution < 1.29 is 4.79 Å². The van der Waals surface area contributed by atoms with E-state index in [1.165, 1.54) is 11.1 Å². The third-order valence-electron chi connectivity index (χ3n) is 3.84. The van der Waals surface area contributed by atoms with Crippen molar-refractivity contribution in [3.63, 3.8) is 0 Å². The van der Waals surface area contributed by atoms with Crippen LogP contribution in [0.25, 0.3) is 0 Å². The van der Waals surface area contributed by atoms with Crippen LogP contribution in [0.4, 0.5) is 0 Å².